The molecule has 4 nitrogen and oxygen atoms in total. The fourth-order valence-electron chi connectivity index (χ4n) is 1.39. The van der Waals surface area contributed by atoms with Gasteiger partial charge in [0, 0.05) is 12.4 Å². The van der Waals surface area contributed by atoms with E-state index >= 15 is 0 Å². The van der Waals surface area contributed by atoms with Gasteiger partial charge in [-0.3, -0.25) is 9.78 Å². The van der Waals surface area contributed by atoms with Gasteiger partial charge in [0.2, 0.25) is 0 Å². The number of hydrogen-bond acceptors (Lipinski definition) is 3. The van der Waals surface area contributed by atoms with Crippen LogP contribution in [0.3, 0.4) is 0 Å². The van der Waals surface area contributed by atoms with Gasteiger partial charge in [-0.1, -0.05) is 23.2 Å². The van der Waals surface area contributed by atoms with E-state index in [-0.39, 0.29) is 21.6 Å². The molecule has 0 saturated heterocycles. The Morgan fingerprint density at radius 2 is 2.11 bits per heavy atom. The van der Waals surface area contributed by atoms with Crippen LogP contribution in [0.1, 0.15) is 16.1 Å². The van der Waals surface area contributed by atoms with Gasteiger partial charge in [0.1, 0.15) is 5.15 Å². The molecule has 92 valence electrons. The highest BCUT2D eigenvalue weighted by atomic mass is 35.5. The van der Waals surface area contributed by atoms with Crippen molar-refractivity contribution in [3.8, 4) is 0 Å². The predicted molar refractivity (Wildman–Crippen MR) is 71.2 cm³/mol. The average molecular weight is 282 g/mol. The van der Waals surface area contributed by atoms with E-state index in [2.05, 4.69) is 15.3 Å². The number of halogens is 2. The van der Waals surface area contributed by atoms with Crippen LogP contribution >= 0.6 is 23.2 Å². The first-order valence-corrected chi connectivity index (χ1v) is 5.87. The minimum absolute atomic E-state index is 0.215. The van der Waals surface area contributed by atoms with Crippen LogP contribution in [0.15, 0.2) is 30.6 Å². The minimum atomic E-state index is -0.347. The molecule has 0 aliphatic heterocycles. The molecule has 6 heteroatoms. The highest BCUT2D eigenvalue weighted by molar-refractivity contribution is 6.35. The van der Waals surface area contributed by atoms with Gasteiger partial charge in [-0.2, -0.15) is 0 Å². The summed E-state index contributed by atoms with van der Waals surface area (Å²) in [6.07, 6.45) is 3.00. The summed E-state index contributed by atoms with van der Waals surface area (Å²) in [5.74, 6) is -0.347. The van der Waals surface area contributed by atoms with Crippen LogP contribution in [0.4, 0.5) is 5.69 Å². The summed E-state index contributed by atoms with van der Waals surface area (Å²) in [6, 6.07) is 4.92. The lowest BCUT2D eigenvalue weighted by atomic mass is 10.2. The van der Waals surface area contributed by atoms with Crippen molar-refractivity contribution in [2.75, 3.05) is 5.32 Å². The quantitative estimate of drug-likeness (QED) is 0.859. The van der Waals surface area contributed by atoms with E-state index in [9.17, 15) is 4.79 Å². The van der Waals surface area contributed by atoms with Crippen molar-refractivity contribution >= 4 is 34.8 Å². The van der Waals surface area contributed by atoms with Crippen molar-refractivity contribution in [1.82, 2.24) is 9.97 Å². The molecule has 0 aliphatic rings. The number of hydrogen-bond donors (Lipinski definition) is 1. The molecular weight excluding hydrogens is 273 g/mol. The number of aryl methyl sites for hydroxylation is 1. The van der Waals surface area contributed by atoms with Gasteiger partial charge in [-0.15, -0.1) is 0 Å². The van der Waals surface area contributed by atoms with E-state index in [4.69, 9.17) is 23.2 Å². The molecule has 0 spiro atoms. The summed E-state index contributed by atoms with van der Waals surface area (Å²) in [5.41, 5.74) is 1.63. The normalized spacial score (nSPS) is 10.2. The highest BCUT2D eigenvalue weighted by Crippen LogP contribution is 2.20. The second kappa shape index (κ2) is 5.33. The highest BCUT2D eigenvalue weighted by Gasteiger charge is 2.12. The van der Waals surface area contributed by atoms with E-state index in [1.54, 1.807) is 25.3 Å². The number of anilines is 1. The summed E-state index contributed by atoms with van der Waals surface area (Å²) in [7, 11) is 0. The second-order valence-corrected chi connectivity index (χ2v) is 4.37. The van der Waals surface area contributed by atoms with Gasteiger partial charge >= 0.3 is 0 Å². The lowest BCUT2D eigenvalue weighted by molar-refractivity contribution is 0.102. The smallest absolute Gasteiger partial charge is 0.257 e. The van der Waals surface area contributed by atoms with E-state index in [0.29, 0.717) is 5.69 Å². The molecule has 0 aromatic carbocycles. The van der Waals surface area contributed by atoms with Gasteiger partial charge in [-0.05, 0) is 25.1 Å². The van der Waals surface area contributed by atoms with Crippen molar-refractivity contribution in [2.45, 2.75) is 6.92 Å². The van der Waals surface area contributed by atoms with Crippen molar-refractivity contribution < 1.29 is 4.79 Å². The van der Waals surface area contributed by atoms with E-state index in [1.165, 1.54) is 12.3 Å². The molecule has 0 unspecified atom stereocenters. The zero-order chi connectivity index (χ0) is 13.1. The Morgan fingerprint density at radius 3 is 2.83 bits per heavy atom. The Hall–Kier alpha value is -1.65. The maximum absolute atomic E-state index is 12.0. The molecule has 2 rings (SSSR count). The molecule has 1 N–H and O–H groups in total. The van der Waals surface area contributed by atoms with E-state index in [1.807, 2.05) is 0 Å². The van der Waals surface area contributed by atoms with Crippen LogP contribution in [-0.4, -0.2) is 15.9 Å². The fraction of sp³-hybridized carbons (Fsp3) is 0.0833. The first kappa shape index (κ1) is 12.8. The Labute approximate surface area is 114 Å². The monoisotopic (exact) mass is 281 g/mol. The molecule has 0 fully saturated rings. The Morgan fingerprint density at radius 1 is 1.33 bits per heavy atom. The molecule has 0 saturated carbocycles. The van der Waals surface area contributed by atoms with Crippen molar-refractivity contribution in [3.05, 3.63) is 52.0 Å². The Kier molecular flexibility index (Phi) is 3.79. The lowest BCUT2D eigenvalue weighted by Crippen LogP contribution is -2.13. The van der Waals surface area contributed by atoms with Crippen LogP contribution < -0.4 is 5.32 Å². The molecule has 2 aromatic rings. The third kappa shape index (κ3) is 2.78. The topological polar surface area (TPSA) is 54.9 Å². The van der Waals surface area contributed by atoms with E-state index < -0.39 is 0 Å². The largest absolute Gasteiger partial charge is 0.320 e. The van der Waals surface area contributed by atoms with Crippen LogP contribution in [-0.2, 0) is 0 Å². The van der Waals surface area contributed by atoms with E-state index in [0.717, 1.165) is 5.69 Å². The van der Waals surface area contributed by atoms with Crippen LogP contribution in [0.25, 0.3) is 0 Å². The number of amides is 1. The number of aromatic nitrogens is 2. The number of nitrogens with zero attached hydrogens (tertiary/aromatic N) is 2. The second-order valence-electron chi connectivity index (χ2n) is 3.58. The number of carbonyl (C=O) groups excluding carboxylic acids is 1. The number of carbonyl (C=O) groups is 1. The molecule has 0 aliphatic carbocycles. The van der Waals surface area contributed by atoms with Crippen molar-refractivity contribution in [2.24, 2.45) is 0 Å². The molecule has 0 bridgehead atoms. The molecular formula is C12H9Cl2N3O. The first-order valence-electron chi connectivity index (χ1n) is 5.12. The first-order chi connectivity index (χ1) is 8.58. The Balaban J connectivity index is 2.28. The maximum Gasteiger partial charge on any atom is 0.257 e. The average Bonchev–Trinajstić information content (AvgIpc) is 2.35. The summed E-state index contributed by atoms with van der Waals surface area (Å²) >= 11 is 11.6. The number of nitrogens with one attached hydrogen (secondary N) is 1. The van der Waals surface area contributed by atoms with Gasteiger partial charge in [-0.25, -0.2) is 4.98 Å². The van der Waals surface area contributed by atoms with Crippen molar-refractivity contribution in [3.63, 3.8) is 0 Å². The predicted octanol–water partition coefficient (Wildman–Crippen LogP) is 3.34. The zero-order valence-corrected chi connectivity index (χ0v) is 11.0. The van der Waals surface area contributed by atoms with Gasteiger partial charge in [0.05, 0.1) is 22.0 Å². The van der Waals surface area contributed by atoms with Crippen LogP contribution in [0.2, 0.25) is 10.2 Å². The molecule has 2 heterocycles. The van der Waals surface area contributed by atoms with Gasteiger partial charge in [0.15, 0.2) is 0 Å². The SMILES string of the molecule is Cc1ncccc1NC(=O)c1cc(Cl)ncc1Cl. The number of rotatable bonds is 2. The van der Waals surface area contributed by atoms with Crippen molar-refractivity contribution in [1.29, 1.82) is 0 Å². The summed E-state index contributed by atoms with van der Waals surface area (Å²) in [6.45, 7) is 1.80. The minimum Gasteiger partial charge on any atom is -0.320 e. The zero-order valence-electron chi connectivity index (χ0n) is 9.45. The molecule has 2 aromatic heterocycles. The standard InChI is InChI=1S/C12H9Cl2N3O/c1-7-10(3-2-4-15-7)17-12(18)8-5-11(14)16-6-9(8)13/h2-6H,1H3,(H,17,18). The van der Waals surface area contributed by atoms with Gasteiger partial charge in [0.25, 0.3) is 5.91 Å². The summed E-state index contributed by atoms with van der Waals surface area (Å²) in [5, 5.41) is 3.19. The molecule has 18 heavy (non-hydrogen) atoms. The molecule has 0 radical (unpaired) electrons. The molecule has 0 atom stereocenters. The van der Waals surface area contributed by atoms with Crippen LogP contribution in [0.5, 0.6) is 0 Å². The molecule has 1 amide bonds. The summed E-state index contributed by atoms with van der Waals surface area (Å²) < 4.78 is 0. The Bertz CT molecular complexity index is 602. The van der Waals surface area contributed by atoms with Crippen LogP contribution in [0, 0.1) is 6.92 Å². The summed E-state index contributed by atoms with van der Waals surface area (Å²) in [4.78, 5) is 19.9. The lowest BCUT2D eigenvalue weighted by Gasteiger charge is -2.08. The van der Waals surface area contributed by atoms with Gasteiger partial charge < -0.3 is 5.32 Å². The maximum atomic E-state index is 12.0. The third-order valence-corrected chi connectivity index (χ3v) is 2.83. The number of pyridine rings is 2. The fourth-order valence-corrected chi connectivity index (χ4v) is 1.74. The third-order valence-electron chi connectivity index (χ3n) is 2.32.